The topological polar surface area (TPSA) is 60.5 Å². The maximum absolute atomic E-state index is 13.0. The molecule has 6 nitrogen and oxygen atoms in total. The minimum atomic E-state index is -4.47. The van der Waals surface area contributed by atoms with Crippen molar-refractivity contribution in [1.29, 1.82) is 0 Å². The predicted molar refractivity (Wildman–Crippen MR) is 121 cm³/mol. The molecule has 0 aliphatic carbocycles. The number of aromatic nitrogens is 2. The summed E-state index contributed by atoms with van der Waals surface area (Å²) in [5.74, 6) is -0.425. The Morgan fingerprint density at radius 3 is 2.65 bits per heavy atom. The van der Waals surface area contributed by atoms with Gasteiger partial charge in [0.2, 0.25) is 0 Å². The largest absolute Gasteiger partial charge is 0.496 e. The predicted octanol–water partition coefficient (Wildman–Crippen LogP) is 5.46. The Bertz CT molecular complexity index is 1400. The standard InChI is InChI=1S/C25H22F3N3O3/c1-14-6-17-7-16(9-22(33-3)23(17)24(32)31(14)13-25(26,27)28)20-12-34-21-8-15(4-5-19(20)21)18-10-29-30(2)11-18/h4-5,7-12,14H,6,13H2,1-3H3/t14-/m0/s1. The number of amides is 1. The van der Waals surface area contributed by atoms with Crippen molar-refractivity contribution >= 4 is 16.9 Å². The fraction of sp³-hybridized carbons (Fsp3) is 0.280. The number of ether oxygens (including phenoxy) is 1. The fourth-order valence-corrected chi connectivity index (χ4v) is 4.59. The number of hydrogen-bond donors (Lipinski definition) is 0. The van der Waals surface area contributed by atoms with Crippen LogP contribution in [0.1, 0.15) is 22.8 Å². The van der Waals surface area contributed by atoms with Crippen molar-refractivity contribution in [3.05, 3.63) is 60.1 Å². The number of methoxy groups -OCH3 is 1. The minimum Gasteiger partial charge on any atom is -0.496 e. The molecule has 0 bridgehead atoms. The van der Waals surface area contributed by atoms with Crippen LogP contribution in [0.2, 0.25) is 0 Å². The minimum absolute atomic E-state index is 0.181. The van der Waals surface area contributed by atoms with E-state index in [1.165, 1.54) is 7.11 Å². The average Bonchev–Trinajstić information content (AvgIpc) is 3.40. The molecule has 2 aromatic carbocycles. The molecule has 5 rings (SSSR count). The molecule has 0 radical (unpaired) electrons. The van der Waals surface area contributed by atoms with E-state index in [2.05, 4.69) is 5.10 Å². The summed E-state index contributed by atoms with van der Waals surface area (Å²) in [6.45, 7) is 0.335. The van der Waals surface area contributed by atoms with E-state index in [0.717, 1.165) is 32.5 Å². The quantitative estimate of drug-likeness (QED) is 0.398. The van der Waals surface area contributed by atoms with E-state index in [1.807, 2.05) is 37.5 Å². The lowest BCUT2D eigenvalue weighted by Gasteiger charge is -2.35. The highest BCUT2D eigenvalue weighted by Gasteiger charge is 2.40. The molecule has 34 heavy (non-hydrogen) atoms. The van der Waals surface area contributed by atoms with Crippen molar-refractivity contribution in [3.63, 3.8) is 0 Å². The van der Waals surface area contributed by atoms with Gasteiger partial charge in [0.05, 0.1) is 25.1 Å². The first-order valence-electron chi connectivity index (χ1n) is 10.7. The van der Waals surface area contributed by atoms with Crippen molar-refractivity contribution in [1.82, 2.24) is 14.7 Å². The Morgan fingerprint density at radius 1 is 1.18 bits per heavy atom. The normalized spacial score (nSPS) is 16.2. The number of furan rings is 1. The number of carbonyl (C=O) groups excluding carboxylic acids is 1. The summed E-state index contributed by atoms with van der Waals surface area (Å²) in [5, 5.41) is 5.08. The fourth-order valence-electron chi connectivity index (χ4n) is 4.59. The molecule has 0 N–H and O–H groups in total. The van der Waals surface area contributed by atoms with Gasteiger partial charge in [-0.3, -0.25) is 9.48 Å². The maximum Gasteiger partial charge on any atom is 0.406 e. The van der Waals surface area contributed by atoms with Crippen LogP contribution in [-0.2, 0) is 13.5 Å². The molecule has 0 unspecified atom stereocenters. The molecule has 1 amide bonds. The SMILES string of the molecule is COc1cc(-c2coc3cc(-c4cnn(C)c4)ccc23)cc2c1C(=O)N(CC(F)(F)F)[C@@H](C)C2. The number of fused-ring (bicyclic) bond motifs is 2. The maximum atomic E-state index is 13.0. The molecule has 3 heterocycles. The third kappa shape index (κ3) is 3.81. The lowest BCUT2D eigenvalue weighted by Crippen LogP contribution is -2.48. The lowest BCUT2D eigenvalue weighted by molar-refractivity contribution is -0.144. The van der Waals surface area contributed by atoms with Gasteiger partial charge in [0.1, 0.15) is 17.9 Å². The van der Waals surface area contributed by atoms with E-state index in [4.69, 9.17) is 9.15 Å². The molecule has 0 saturated carbocycles. The van der Waals surface area contributed by atoms with Crippen molar-refractivity contribution in [2.24, 2.45) is 7.05 Å². The van der Waals surface area contributed by atoms with E-state index < -0.39 is 24.7 Å². The molecule has 1 aliphatic rings. The summed E-state index contributed by atoms with van der Waals surface area (Å²) in [5.41, 5.74) is 5.04. The van der Waals surface area contributed by atoms with Gasteiger partial charge in [0, 0.05) is 35.8 Å². The van der Waals surface area contributed by atoms with Gasteiger partial charge < -0.3 is 14.1 Å². The zero-order valence-corrected chi connectivity index (χ0v) is 18.8. The number of nitrogens with zero attached hydrogens (tertiary/aromatic N) is 3. The van der Waals surface area contributed by atoms with Gasteiger partial charge in [-0.1, -0.05) is 6.07 Å². The van der Waals surface area contributed by atoms with Crippen molar-refractivity contribution in [3.8, 4) is 28.0 Å². The highest BCUT2D eigenvalue weighted by atomic mass is 19.4. The molecular weight excluding hydrogens is 447 g/mol. The summed E-state index contributed by atoms with van der Waals surface area (Å²) in [6.07, 6.45) is 1.16. The van der Waals surface area contributed by atoms with Gasteiger partial charge in [-0.15, -0.1) is 0 Å². The summed E-state index contributed by atoms with van der Waals surface area (Å²) in [4.78, 5) is 13.8. The molecule has 0 fully saturated rings. The second-order valence-electron chi connectivity index (χ2n) is 8.58. The first kappa shape index (κ1) is 22.1. The van der Waals surface area contributed by atoms with Gasteiger partial charge in [-0.05, 0) is 54.3 Å². The van der Waals surface area contributed by atoms with E-state index in [1.54, 1.807) is 30.1 Å². The second-order valence-corrected chi connectivity index (χ2v) is 8.58. The van der Waals surface area contributed by atoms with Crippen molar-refractivity contribution in [2.45, 2.75) is 25.6 Å². The Hall–Kier alpha value is -3.75. The zero-order chi connectivity index (χ0) is 24.2. The van der Waals surface area contributed by atoms with Crippen LogP contribution >= 0.6 is 0 Å². The lowest BCUT2D eigenvalue weighted by atomic mass is 9.89. The second kappa shape index (κ2) is 7.93. The van der Waals surface area contributed by atoms with Crippen LogP contribution in [-0.4, -0.2) is 46.5 Å². The Kier molecular flexibility index (Phi) is 5.15. The van der Waals surface area contributed by atoms with E-state index >= 15 is 0 Å². The third-order valence-corrected chi connectivity index (χ3v) is 6.20. The molecule has 1 aliphatic heterocycles. The van der Waals surface area contributed by atoms with Crippen LogP contribution in [0, 0.1) is 0 Å². The monoisotopic (exact) mass is 469 g/mol. The molecule has 1 atom stereocenters. The molecular formula is C25H22F3N3O3. The van der Waals surface area contributed by atoms with E-state index in [9.17, 15) is 18.0 Å². The van der Waals surface area contributed by atoms with Crippen LogP contribution in [0.3, 0.4) is 0 Å². The summed E-state index contributed by atoms with van der Waals surface area (Å²) < 4.78 is 52.1. The van der Waals surface area contributed by atoms with Gasteiger partial charge in [-0.25, -0.2) is 0 Å². The van der Waals surface area contributed by atoms with Crippen LogP contribution in [0.4, 0.5) is 13.2 Å². The van der Waals surface area contributed by atoms with Gasteiger partial charge >= 0.3 is 6.18 Å². The highest BCUT2D eigenvalue weighted by Crippen LogP contribution is 2.39. The van der Waals surface area contributed by atoms with Gasteiger partial charge in [-0.2, -0.15) is 18.3 Å². The van der Waals surface area contributed by atoms with Crippen LogP contribution < -0.4 is 4.74 Å². The molecule has 0 spiro atoms. The number of aryl methyl sites for hydroxylation is 1. The number of carbonyl (C=O) groups is 1. The first-order chi connectivity index (χ1) is 16.1. The van der Waals surface area contributed by atoms with Crippen LogP contribution in [0.15, 0.2) is 53.4 Å². The number of halogens is 3. The molecule has 9 heteroatoms. The Balaban J connectivity index is 1.56. The van der Waals surface area contributed by atoms with Crippen LogP contribution in [0.25, 0.3) is 33.2 Å². The van der Waals surface area contributed by atoms with Crippen molar-refractivity contribution in [2.75, 3.05) is 13.7 Å². The van der Waals surface area contributed by atoms with E-state index in [0.29, 0.717) is 17.6 Å². The summed E-state index contributed by atoms with van der Waals surface area (Å²) in [6, 6.07) is 8.81. The summed E-state index contributed by atoms with van der Waals surface area (Å²) in [7, 11) is 3.26. The first-order valence-corrected chi connectivity index (χ1v) is 10.7. The number of hydrogen-bond acceptors (Lipinski definition) is 4. The van der Waals surface area contributed by atoms with Crippen LogP contribution in [0.5, 0.6) is 5.75 Å². The molecule has 4 aromatic rings. The third-order valence-electron chi connectivity index (χ3n) is 6.20. The van der Waals surface area contributed by atoms with E-state index in [-0.39, 0.29) is 11.3 Å². The molecule has 2 aromatic heterocycles. The zero-order valence-electron chi connectivity index (χ0n) is 18.8. The number of benzene rings is 2. The average molecular weight is 469 g/mol. The number of rotatable bonds is 4. The highest BCUT2D eigenvalue weighted by molar-refractivity contribution is 6.02. The van der Waals surface area contributed by atoms with Gasteiger partial charge in [0.25, 0.3) is 5.91 Å². The number of alkyl halides is 3. The molecule has 176 valence electrons. The smallest absolute Gasteiger partial charge is 0.406 e. The van der Waals surface area contributed by atoms with Crippen molar-refractivity contribution < 1.29 is 27.1 Å². The Labute approximate surface area is 193 Å². The summed E-state index contributed by atoms with van der Waals surface area (Å²) >= 11 is 0. The molecule has 0 saturated heterocycles. The van der Waals surface area contributed by atoms with Gasteiger partial charge in [0.15, 0.2) is 0 Å². The Morgan fingerprint density at radius 2 is 1.97 bits per heavy atom.